The van der Waals surface area contributed by atoms with Gasteiger partial charge in [-0.1, -0.05) is 58.0 Å². The predicted octanol–water partition coefficient (Wildman–Crippen LogP) is 4.19. The molecule has 1 aromatic rings. The Labute approximate surface area is 174 Å². The second-order valence-electron chi connectivity index (χ2n) is 7.72. The maximum Gasteiger partial charge on any atom is 0.416 e. The molecule has 7 heteroatoms. The summed E-state index contributed by atoms with van der Waals surface area (Å²) in [4.78, 5) is 38.1. The molecule has 0 bridgehead atoms. The first-order valence-corrected chi connectivity index (χ1v) is 13.1. The summed E-state index contributed by atoms with van der Waals surface area (Å²) in [7, 11) is -2.01. The summed E-state index contributed by atoms with van der Waals surface area (Å²) in [6, 6.07) is 12.2. The molecule has 2 rings (SSSR count). The molecule has 0 saturated carbocycles. The highest BCUT2D eigenvalue weighted by Crippen LogP contribution is 2.29. The minimum absolute atomic E-state index is 0.147. The second-order valence-corrected chi connectivity index (χ2v) is 12.4. The number of ether oxygens (including phenoxy) is 1. The monoisotopic (exact) mass is 419 g/mol. The molecule has 29 heavy (non-hydrogen) atoms. The Morgan fingerprint density at radius 3 is 2.41 bits per heavy atom. The van der Waals surface area contributed by atoms with Crippen LogP contribution in [0, 0.1) is 5.92 Å². The third-order valence-corrected chi connectivity index (χ3v) is 10.8. The number of aldehydes is 1. The molecule has 0 spiro atoms. The Balaban J connectivity index is 2.18. The van der Waals surface area contributed by atoms with Gasteiger partial charge < -0.3 is 14.0 Å². The van der Waals surface area contributed by atoms with E-state index < -0.39 is 26.4 Å². The lowest BCUT2D eigenvalue weighted by molar-refractivity contribution is -0.136. The SMILES string of the molecule is CC[Si](CC)(CC)O[C@@H](CC=O)[C@@H](C)C(=O)N1C(=O)OC[C@H]1Cc1ccccc1. The van der Waals surface area contributed by atoms with Crippen molar-refractivity contribution < 1.29 is 23.5 Å². The van der Waals surface area contributed by atoms with Crippen LogP contribution in [0.15, 0.2) is 30.3 Å². The van der Waals surface area contributed by atoms with Gasteiger partial charge in [-0.15, -0.1) is 0 Å². The molecule has 1 aromatic carbocycles. The minimum atomic E-state index is -2.01. The van der Waals surface area contributed by atoms with Gasteiger partial charge in [-0.05, 0) is 30.1 Å². The van der Waals surface area contributed by atoms with Gasteiger partial charge >= 0.3 is 6.09 Å². The smallest absolute Gasteiger partial charge is 0.416 e. The molecule has 1 aliphatic rings. The zero-order chi connectivity index (χ0) is 21.4. The number of carbonyl (C=O) groups is 3. The van der Waals surface area contributed by atoms with Crippen LogP contribution in [0.25, 0.3) is 0 Å². The molecule has 0 aromatic heterocycles. The zero-order valence-corrected chi connectivity index (χ0v) is 18.9. The summed E-state index contributed by atoms with van der Waals surface area (Å²) in [6.45, 7) is 8.26. The molecule has 0 unspecified atom stereocenters. The molecular weight excluding hydrogens is 386 g/mol. The van der Waals surface area contributed by atoms with Gasteiger partial charge in [-0.3, -0.25) is 4.79 Å². The van der Waals surface area contributed by atoms with E-state index in [1.54, 1.807) is 6.92 Å². The number of benzene rings is 1. The fourth-order valence-electron chi connectivity index (χ4n) is 3.92. The average molecular weight is 420 g/mol. The molecule has 1 saturated heterocycles. The molecule has 160 valence electrons. The number of hydrogen-bond donors (Lipinski definition) is 0. The van der Waals surface area contributed by atoms with Crippen molar-refractivity contribution >= 4 is 26.6 Å². The van der Waals surface area contributed by atoms with Crippen LogP contribution in [0.3, 0.4) is 0 Å². The van der Waals surface area contributed by atoms with Crippen molar-refractivity contribution in [2.24, 2.45) is 5.92 Å². The summed E-state index contributed by atoms with van der Waals surface area (Å²) in [5.74, 6) is -0.924. The van der Waals surface area contributed by atoms with Gasteiger partial charge in [0.05, 0.1) is 18.1 Å². The molecule has 1 aliphatic heterocycles. The first-order chi connectivity index (χ1) is 13.9. The summed E-state index contributed by atoms with van der Waals surface area (Å²) in [6.07, 6.45) is 0.364. The third kappa shape index (κ3) is 5.54. The third-order valence-electron chi connectivity index (χ3n) is 6.12. The molecule has 6 nitrogen and oxygen atoms in total. The molecule has 0 aliphatic carbocycles. The van der Waals surface area contributed by atoms with Gasteiger partial charge in [-0.2, -0.15) is 0 Å². The Kier molecular flexibility index (Phi) is 8.58. The summed E-state index contributed by atoms with van der Waals surface area (Å²) >= 11 is 0. The molecule has 1 heterocycles. The lowest BCUT2D eigenvalue weighted by Gasteiger charge is -2.36. The molecule has 2 amide bonds. The summed E-state index contributed by atoms with van der Waals surface area (Å²) in [5, 5.41) is 0. The van der Waals surface area contributed by atoms with E-state index in [2.05, 4.69) is 20.8 Å². The topological polar surface area (TPSA) is 72.9 Å². The van der Waals surface area contributed by atoms with E-state index in [4.69, 9.17) is 9.16 Å². The molecule has 1 fully saturated rings. The number of amides is 2. The fraction of sp³-hybridized carbons (Fsp3) is 0.591. The molecular formula is C22H33NO5Si. The van der Waals surface area contributed by atoms with Gasteiger partial charge in [0.15, 0.2) is 8.32 Å². The van der Waals surface area contributed by atoms with Crippen molar-refractivity contribution in [3.8, 4) is 0 Å². The van der Waals surface area contributed by atoms with E-state index in [1.807, 2.05) is 30.3 Å². The Morgan fingerprint density at radius 1 is 1.24 bits per heavy atom. The van der Waals surface area contributed by atoms with E-state index in [1.165, 1.54) is 4.90 Å². The fourth-order valence-corrected chi connectivity index (χ4v) is 6.86. The van der Waals surface area contributed by atoms with Gasteiger partial charge in [0.25, 0.3) is 0 Å². The zero-order valence-electron chi connectivity index (χ0n) is 17.9. The lowest BCUT2D eigenvalue weighted by atomic mass is 9.99. The van der Waals surface area contributed by atoms with E-state index in [9.17, 15) is 14.4 Å². The first kappa shape index (κ1) is 23.3. The lowest BCUT2D eigenvalue weighted by Crippen LogP contribution is -2.49. The molecule has 3 atom stereocenters. The summed E-state index contributed by atoms with van der Waals surface area (Å²) < 4.78 is 11.7. The van der Waals surface area contributed by atoms with Crippen LogP contribution in [0.5, 0.6) is 0 Å². The normalized spacial score (nSPS) is 19.0. The van der Waals surface area contributed by atoms with E-state index in [-0.39, 0.29) is 25.0 Å². The van der Waals surface area contributed by atoms with Crippen LogP contribution >= 0.6 is 0 Å². The Morgan fingerprint density at radius 2 is 1.86 bits per heavy atom. The maximum atomic E-state index is 13.3. The van der Waals surface area contributed by atoms with Crippen LogP contribution in [0.1, 0.15) is 39.7 Å². The largest absolute Gasteiger partial charge is 0.447 e. The highest BCUT2D eigenvalue weighted by molar-refractivity contribution is 6.73. The van der Waals surface area contributed by atoms with Crippen molar-refractivity contribution in [2.45, 2.75) is 70.8 Å². The number of rotatable bonds is 11. The van der Waals surface area contributed by atoms with Crippen LogP contribution in [-0.2, 0) is 25.2 Å². The Bertz CT molecular complexity index is 683. The van der Waals surface area contributed by atoms with Crippen LogP contribution in [0.2, 0.25) is 18.1 Å². The quantitative estimate of drug-likeness (QED) is 0.397. The molecule has 0 N–H and O–H groups in total. The summed E-state index contributed by atoms with van der Waals surface area (Å²) in [5.41, 5.74) is 1.04. The van der Waals surface area contributed by atoms with Gasteiger partial charge in [0.1, 0.15) is 12.9 Å². The predicted molar refractivity (Wildman–Crippen MR) is 114 cm³/mol. The van der Waals surface area contributed by atoms with Gasteiger partial charge in [-0.25, -0.2) is 9.69 Å². The first-order valence-electron chi connectivity index (χ1n) is 10.6. The highest BCUT2D eigenvalue weighted by Gasteiger charge is 2.43. The van der Waals surface area contributed by atoms with Crippen molar-refractivity contribution in [2.75, 3.05) is 6.61 Å². The standard InChI is InChI=1S/C22H33NO5Si/c1-5-29(6-2,7-3)28-20(13-14-24)17(4)21(25)23-19(16-27-22(23)26)15-18-11-9-8-10-12-18/h8-12,14,17,19-20H,5-7,13,15-16H2,1-4H3/t17-,19-,20+/m1/s1. The Hall–Kier alpha value is -1.99. The average Bonchev–Trinajstić information content (AvgIpc) is 3.11. The van der Waals surface area contributed by atoms with Crippen LogP contribution < -0.4 is 0 Å². The number of nitrogens with zero attached hydrogens (tertiary/aromatic N) is 1. The van der Waals surface area contributed by atoms with Crippen molar-refractivity contribution in [3.63, 3.8) is 0 Å². The number of cyclic esters (lactones) is 1. The van der Waals surface area contributed by atoms with Gasteiger partial charge in [0, 0.05) is 6.42 Å². The van der Waals surface area contributed by atoms with E-state index >= 15 is 0 Å². The maximum absolute atomic E-state index is 13.3. The minimum Gasteiger partial charge on any atom is -0.447 e. The van der Waals surface area contributed by atoms with Crippen molar-refractivity contribution in [3.05, 3.63) is 35.9 Å². The molecule has 0 radical (unpaired) electrons. The van der Waals surface area contributed by atoms with E-state index in [0.29, 0.717) is 6.42 Å². The number of imide groups is 1. The number of hydrogen-bond acceptors (Lipinski definition) is 5. The van der Waals surface area contributed by atoms with E-state index in [0.717, 1.165) is 30.0 Å². The van der Waals surface area contributed by atoms with Crippen LogP contribution in [0.4, 0.5) is 4.79 Å². The van der Waals surface area contributed by atoms with Crippen molar-refractivity contribution in [1.82, 2.24) is 4.90 Å². The second kappa shape index (κ2) is 10.7. The van der Waals surface area contributed by atoms with Crippen LogP contribution in [-0.4, -0.2) is 50.3 Å². The van der Waals surface area contributed by atoms with Gasteiger partial charge in [0.2, 0.25) is 5.91 Å². The highest BCUT2D eigenvalue weighted by atomic mass is 28.4. The number of carbonyl (C=O) groups excluding carboxylic acids is 3. The van der Waals surface area contributed by atoms with Crippen molar-refractivity contribution in [1.29, 1.82) is 0 Å².